The van der Waals surface area contributed by atoms with Gasteiger partial charge in [0.15, 0.2) is 0 Å². The maximum atomic E-state index is 6.28. The number of hydrogen-bond acceptors (Lipinski definition) is 1. The molecular weight excluding hydrogens is 253 g/mol. The molecule has 0 spiro atoms. The standard InChI is InChI=1S/C14H21Cl2N/c1-5-17-14(9(2)3)10(4)11-7-6-8-12(15)13(11)16/h6-10,14,17H,5H2,1-4H3. The van der Waals surface area contributed by atoms with Gasteiger partial charge in [0.1, 0.15) is 0 Å². The fraction of sp³-hybridized carbons (Fsp3) is 0.571. The summed E-state index contributed by atoms with van der Waals surface area (Å²) in [6, 6.07) is 6.27. The number of nitrogens with one attached hydrogen (secondary N) is 1. The van der Waals surface area contributed by atoms with Crippen molar-refractivity contribution in [3.05, 3.63) is 33.8 Å². The predicted molar refractivity (Wildman–Crippen MR) is 77.2 cm³/mol. The Hall–Kier alpha value is -0.240. The molecule has 0 saturated heterocycles. The van der Waals surface area contributed by atoms with Gasteiger partial charge in [0.05, 0.1) is 10.0 Å². The van der Waals surface area contributed by atoms with Crippen LogP contribution in [0.2, 0.25) is 10.0 Å². The molecule has 1 N–H and O–H groups in total. The molecule has 0 fully saturated rings. The van der Waals surface area contributed by atoms with Gasteiger partial charge in [-0.3, -0.25) is 0 Å². The molecule has 2 atom stereocenters. The smallest absolute Gasteiger partial charge is 0.0627 e. The summed E-state index contributed by atoms with van der Waals surface area (Å²) in [7, 11) is 0. The van der Waals surface area contributed by atoms with Gasteiger partial charge in [0.25, 0.3) is 0 Å². The van der Waals surface area contributed by atoms with E-state index in [2.05, 4.69) is 39.1 Å². The summed E-state index contributed by atoms with van der Waals surface area (Å²) in [5.41, 5.74) is 1.12. The molecule has 0 heterocycles. The van der Waals surface area contributed by atoms with Crippen LogP contribution in [0.3, 0.4) is 0 Å². The average molecular weight is 274 g/mol. The molecule has 1 aromatic rings. The van der Waals surface area contributed by atoms with Gasteiger partial charge in [0.2, 0.25) is 0 Å². The van der Waals surface area contributed by atoms with Gasteiger partial charge in [0, 0.05) is 6.04 Å². The molecule has 0 saturated carbocycles. The summed E-state index contributed by atoms with van der Waals surface area (Å²) in [6.07, 6.45) is 0. The van der Waals surface area contributed by atoms with E-state index in [1.807, 2.05) is 12.1 Å². The van der Waals surface area contributed by atoms with Crippen LogP contribution in [-0.4, -0.2) is 12.6 Å². The number of benzene rings is 1. The van der Waals surface area contributed by atoms with E-state index in [1.165, 1.54) is 0 Å². The molecule has 0 aromatic heterocycles. The molecule has 0 aliphatic heterocycles. The Bertz CT molecular complexity index is 363. The minimum atomic E-state index is 0.348. The minimum Gasteiger partial charge on any atom is -0.313 e. The van der Waals surface area contributed by atoms with E-state index in [0.717, 1.165) is 12.1 Å². The van der Waals surface area contributed by atoms with E-state index in [9.17, 15) is 0 Å². The highest BCUT2D eigenvalue weighted by atomic mass is 35.5. The first-order valence-electron chi connectivity index (χ1n) is 6.16. The Morgan fingerprint density at radius 2 is 1.82 bits per heavy atom. The zero-order valence-electron chi connectivity index (χ0n) is 10.9. The lowest BCUT2D eigenvalue weighted by Gasteiger charge is -2.29. The van der Waals surface area contributed by atoms with Crippen molar-refractivity contribution >= 4 is 23.2 Å². The molecule has 17 heavy (non-hydrogen) atoms. The molecule has 1 aromatic carbocycles. The van der Waals surface area contributed by atoms with E-state index in [-0.39, 0.29) is 0 Å². The van der Waals surface area contributed by atoms with E-state index in [1.54, 1.807) is 0 Å². The molecule has 0 bridgehead atoms. The first-order valence-corrected chi connectivity index (χ1v) is 6.91. The Morgan fingerprint density at radius 3 is 2.35 bits per heavy atom. The van der Waals surface area contributed by atoms with Gasteiger partial charge in [-0.1, -0.05) is 63.0 Å². The fourth-order valence-electron chi connectivity index (χ4n) is 2.29. The van der Waals surface area contributed by atoms with Crippen LogP contribution < -0.4 is 5.32 Å². The van der Waals surface area contributed by atoms with Crippen LogP contribution in [-0.2, 0) is 0 Å². The minimum absolute atomic E-state index is 0.348. The number of rotatable bonds is 5. The van der Waals surface area contributed by atoms with Gasteiger partial charge in [-0.15, -0.1) is 0 Å². The Kier molecular flexibility index (Phi) is 5.78. The van der Waals surface area contributed by atoms with Crippen molar-refractivity contribution in [1.29, 1.82) is 0 Å². The quantitative estimate of drug-likeness (QED) is 0.818. The highest BCUT2D eigenvalue weighted by Crippen LogP contribution is 2.33. The zero-order chi connectivity index (χ0) is 13.0. The van der Waals surface area contributed by atoms with E-state index < -0.39 is 0 Å². The van der Waals surface area contributed by atoms with Gasteiger partial charge in [-0.25, -0.2) is 0 Å². The second-order valence-corrected chi connectivity index (χ2v) is 5.54. The maximum Gasteiger partial charge on any atom is 0.0627 e. The van der Waals surface area contributed by atoms with Crippen molar-refractivity contribution in [3.8, 4) is 0 Å². The third-order valence-corrected chi connectivity index (χ3v) is 4.00. The van der Waals surface area contributed by atoms with E-state index >= 15 is 0 Å². The van der Waals surface area contributed by atoms with Crippen molar-refractivity contribution in [2.45, 2.75) is 39.7 Å². The number of hydrogen-bond donors (Lipinski definition) is 1. The summed E-state index contributed by atoms with van der Waals surface area (Å²) in [4.78, 5) is 0. The second-order valence-electron chi connectivity index (χ2n) is 4.76. The van der Waals surface area contributed by atoms with Crippen LogP contribution in [0.15, 0.2) is 18.2 Å². The molecule has 0 amide bonds. The van der Waals surface area contributed by atoms with Crippen LogP contribution in [0.4, 0.5) is 0 Å². The van der Waals surface area contributed by atoms with E-state index in [4.69, 9.17) is 23.2 Å². The van der Waals surface area contributed by atoms with Gasteiger partial charge < -0.3 is 5.32 Å². The number of halogens is 2. The highest BCUT2D eigenvalue weighted by molar-refractivity contribution is 6.42. The van der Waals surface area contributed by atoms with E-state index in [0.29, 0.717) is 27.9 Å². The molecule has 0 radical (unpaired) electrons. The lowest BCUT2D eigenvalue weighted by atomic mass is 9.86. The SMILES string of the molecule is CCNC(C(C)C)C(C)c1cccc(Cl)c1Cl. The summed E-state index contributed by atoms with van der Waals surface area (Å²) in [5.74, 6) is 0.904. The molecule has 3 heteroatoms. The molecule has 1 nitrogen and oxygen atoms in total. The molecular formula is C14H21Cl2N. The molecule has 96 valence electrons. The second kappa shape index (κ2) is 6.63. The lowest BCUT2D eigenvalue weighted by Crippen LogP contribution is -2.38. The fourth-order valence-corrected chi connectivity index (χ4v) is 2.77. The molecule has 2 unspecified atom stereocenters. The third kappa shape index (κ3) is 3.61. The number of likely N-dealkylation sites (N-methyl/N-ethyl adjacent to an activating group) is 1. The van der Waals surface area contributed by atoms with Crippen LogP contribution in [0.5, 0.6) is 0 Å². The average Bonchev–Trinajstić information content (AvgIpc) is 2.28. The highest BCUT2D eigenvalue weighted by Gasteiger charge is 2.23. The van der Waals surface area contributed by atoms with Crippen LogP contribution >= 0.6 is 23.2 Å². The van der Waals surface area contributed by atoms with Crippen molar-refractivity contribution in [3.63, 3.8) is 0 Å². The van der Waals surface area contributed by atoms with Crippen LogP contribution in [0.25, 0.3) is 0 Å². The first-order chi connectivity index (χ1) is 7.99. The lowest BCUT2D eigenvalue weighted by molar-refractivity contribution is 0.360. The summed E-state index contributed by atoms with van der Waals surface area (Å²) in [6.45, 7) is 9.74. The van der Waals surface area contributed by atoms with Crippen LogP contribution in [0.1, 0.15) is 39.2 Å². The van der Waals surface area contributed by atoms with Crippen molar-refractivity contribution < 1.29 is 0 Å². The monoisotopic (exact) mass is 273 g/mol. The largest absolute Gasteiger partial charge is 0.313 e. The first kappa shape index (κ1) is 14.8. The van der Waals surface area contributed by atoms with Crippen molar-refractivity contribution in [2.75, 3.05) is 6.54 Å². The summed E-state index contributed by atoms with van der Waals surface area (Å²) in [5, 5.41) is 4.84. The van der Waals surface area contributed by atoms with Gasteiger partial charge >= 0.3 is 0 Å². The normalized spacial score (nSPS) is 15.0. The molecule has 1 rings (SSSR count). The molecule has 0 aliphatic rings. The Balaban J connectivity index is 3.00. The topological polar surface area (TPSA) is 12.0 Å². The van der Waals surface area contributed by atoms with Gasteiger partial charge in [-0.05, 0) is 30.0 Å². The van der Waals surface area contributed by atoms with Crippen molar-refractivity contribution in [1.82, 2.24) is 5.32 Å². The van der Waals surface area contributed by atoms with Crippen molar-refractivity contribution in [2.24, 2.45) is 5.92 Å². The Morgan fingerprint density at radius 1 is 1.18 bits per heavy atom. The Labute approximate surface area is 115 Å². The maximum absolute atomic E-state index is 6.28. The molecule has 0 aliphatic carbocycles. The zero-order valence-corrected chi connectivity index (χ0v) is 12.4. The summed E-state index contributed by atoms with van der Waals surface area (Å²) >= 11 is 12.3. The van der Waals surface area contributed by atoms with Crippen LogP contribution in [0, 0.1) is 5.92 Å². The third-order valence-electron chi connectivity index (χ3n) is 3.17. The summed E-state index contributed by atoms with van der Waals surface area (Å²) < 4.78 is 0. The predicted octanol–water partition coefficient (Wildman–Crippen LogP) is 4.73. The van der Waals surface area contributed by atoms with Gasteiger partial charge in [-0.2, -0.15) is 0 Å².